The lowest BCUT2D eigenvalue weighted by molar-refractivity contribution is 0.176. The van der Waals surface area contributed by atoms with Gasteiger partial charge in [-0.3, -0.25) is 0 Å². The van der Waals surface area contributed by atoms with E-state index in [0.29, 0.717) is 5.95 Å². The first-order valence-electron chi connectivity index (χ1n) is 7.06. The highest BCUT2D eigenvalue weighted by atomic mass is 32.2. The van der Waals surface area contributed by atoms with Crippen LogP contribution in [-0.4, -0.2) is 35.0 Å². The molecule has 1 N–H and O–H groups in total. The molecule has 0 aliphatic rings. The number of carbonyl (C=O) groups excluding carboxylic acids is 1. The van der Waals surface area contributed by atoms with Crippen LogP contribution < -0.4 is 4.90 Å². The Bertz CT molecular complexity index is 624. The number of anilines is 1. The maximum absolute atomic E-state index is 11.9. The number of imidazole rings is 1. The van der Waals surface area contributed by atoms with Gasteiger partial charge >= 0.3 is 6.09 Å². The summed E-state index contributed by atoms with van der Waals surface area (Å²) in [5, 5.41) is 0. The van der Waals surface area contributed by atoms with Gasteiger partial charge < -0.3 is 9.72 Å². The largest absolute Gasteiger partial charge is 0.452 e. The zero-order valence-corrected chi connectivity index (χ0v) is 13.7. The molecule has 0 saturated heterocycles. The number of benzene rings is 1. The minimum absolute atomic E-state index is 0.0352. The Morgan fingerprint density at radius 1 is 1.48 bits per heavy atom. The lowest BCUT2D eigenvalue weighted by Crippen LogP contribution is -2.37. The second kappa shape index (κ2) is 6.85. The monoisotopic (exact) mass is 307 g/mol. The van der Waals surface area contributed by atoms with Crippen LogP contribution in [0, 0.1) is 0 Å². The van der Waals surface area contributed by atoms with Gasteiger partial charge in [-0.2, -0.15) is 0 Å². The molecule has 0 aliphatic carbocycles. The summed E-state index contributed by atoms with van der Waals surface area (Å²) in [4.78, 5) is 22.3. The highest BCUT2D eigenvalue weighted by molar-refractivity contribution is 7.99. The molecule has 6 heteroatoms. The minimum Gasteiger partial charge on any atom is -0.452 e. The average Bonchev–Trinajstić information content (AvgIpc) is 2.86. The van der Waals surface area contributed by atoms with Crippen LogP contribution in [0.2, 0.25) is 0 Å². The van der Waals surface area contributed by atoms with E-state index in [1.54, 1.807) is 0 Å². The van der Waals surface area contributed by atoms with Gasteiger partial charge in [0.1, 0.15) is 0 Å². The van der Waals surface area contributed by atoms with E-state index in [0.717, 1.165) is 23.2 Å². The summed E-state index contributed by atoms with van der Waals surface area (Å²) in [7, 11) is 1.37. The number of aromatic amines is 1. The molecule has 0 saturated carbocycles. The number of fused-ring (bicyclic) bond motifs is 1. The summed E-state index contributed by atoms with van der Waals surface area (Å²) in [6.07, 6.45) is 0.725. The number of nitrogens with one attached hydrogen (secondary N) is 1. The van der Waals surface area contributed by atoms with E-state index >= 15 is 0 Å². The summed E-state index contributed by atoms with van der Waals surface area (Å²) >= 11 is 1.81. The standard InChI is InChI=1S/C15H21N3O2S/c1-5-8-21-11-6-7-12-13(9-11)17-14(16-12)18(10(2)3)15(19)20-4/h6-7,9-10H,5,8H2,1-4H3,(H,16,17). The Morgan fingerprint density at radius 2 is 2.24 bits per heavy atom. The number of hydrogen-bond donors (Lipinski definition) is 1. The zero-order chi connectivity index (χ0) is 15.4. The van der Waals surface area contributed by atoms with Gasteiger partial charge in [-0.25, -0.2) is 14.7 Å². The van der Waals surface area contributed by atoms with E-state index in [1.165, 1.54) is 16.9 Å². The molecule has 1 aromatic carbocycles. The van der Waals surface area contributed by atoms with Crippen LogP contribution >= 0.6 is 11.8 Å². The number of amides is 1. The van der Waals surface area contributed by atoms with Crippen molar-refractivity contribution in [1.29, 1.82) is 0 Å². The molecule has 0 spiro atoms. The Morgan fingerprint density at radius 3 is 2.86 bits per heavy atom. The number of rotatable bonds is 5. The molecule has 0 unspecified atom stereocenters. The molecular weight excluding hydrogens is 286 g/mol. The van der Waals surface area contributed by atoms with E-state index < -0.39 is 6.09 Å². The smallest absolute Gasteiger partial charge is 0.416 e. The molecule has 0 aliphatic heterocycles. The van der Waals surface area contributed by atoms with Crippen LogP contribution in [-0.2, 0) is 4.74 Å². The van der Waals surface area contributed by atoms with Crippen LogP contribution in [0.4, 0.5) is 10.7 Å². The van der Waals surface area contributed by atoms with E-state index in [2.05, 4.69) is 23.0 Å². The van der Waals surface area contributed by atoms with Crippen molar-refractivity contribution in [3.05, 3.63) is 18.2 Å². The van der Waals surface area contributed by atoms with Gasteiger partial charge in [0, 0.05) is 10.9 Å². The first-order chi connectivity index (χ1) is 10.1. The fourth-order valence-electron chi connectivity index (χ4n) is 2.04. The summed E-state index contributed by atoms with van der Waals surface area (Å²) < 4.78 is 4.82. The number of aromatic nitrogens is 2. The van der Waals surface area contributed by atoms with Crippen molar-refractivity contribution in [2.45, 2.75) is 38.1 Å². The topological polar surface area (TPSA) is 58.2 Å². The van der Waals surface area contributed by atoms with Gasteiger partial charge in [-0.05, 0) is 44.2 Å². The van der Waals surface area contributed by atoms with Crippen molar-refractivity contribution in [2.75, 3.05) is 17.8 Å². The molecule has 21 heavy (non-hydrogen) atoms. The van der Waals surface area contributed by atoms with Gasteiger partial charge in [0.15, 0.2) is 0 Å². The van der Waals surface area contributed by atoms with Crippen LogP contribution in [0.15, 0.2) is 23.1 Å². The fourth-order valence-corrected chi connectivity index (χ4v) is 2.84. The molecule has 0 radical (unpaired) electrons. The fraction of sp³-hybridized carbons (Fsp3) is 0.467. The van der Waals surface area contributed by atoms with Gasteiger partial charge in [0.25, 0.3) is 0 Å². The van der Waals surface area contributed by atoms with E-state index in [9.17, 15) is 4.79 Å². The number of thioether (sulfide) groups is 1. The molecule has 2 rings (SSSR count). The van der Waals surface area contributed by atoms with Crippen molar-refractivity contribution in [2.24, 2.45) is 0 Å². The lowest BCUT2D eigenvalue weighted by atomic mass is 10.3. The predicted molar refractivity (Wildman–Crippen MR) is 87.1 cm³/mol. The van der Waals surface area contributed by atoms with E-state index in [4.69, 9.17) is 4.74 Å². The minimum atomic E-state index is -0.412. The summed E-state index contributed by atoms with van der Waals surface area (Å²) in [5.41, 5.74) is 1.78. The first kappa shape index (κ1) is 15.7. The molecule has 1 heterocycles. The normalized spacial score (nSPS) is 11.1. The lowest BCUT2D eigenvalue weighted by Gasteiger charge is -2.21. The summed E-state index contributed by atoms with van der Waals surface area (Å²) in [6.45, 7) is 6.01. The van der Waals surface area contributed by atoms with Gasteiger partial charge in [0.05, 0.1) is 18.1 Å². The molecule has 5 nitrogen and oxygen atoms in total. The highest BCUT2D eigenvalue weighted by Crippen LogP contribution is 2.25. The molecule has 0 atom stereocenters. The molecule has 0 fully saturated rings. The highest BCUT2D eigenvalue weighted by Gasteiger charge is 2.22. The number of ether oxygens (including phenoxy) is 1. The van der Waals surface area contributed by atoms with Gasteiger partial charge in [-0.1, -0.05) is 6.92 Å². The Kier molecular flexibility index (Phi) is 5.12. The third-order valence-electron chi connectivity index (χ3n) is 3.03. The van der Waals surface area contributed by atoms with Crippen molar-refractivity contribution in [3.8, 4) is 0 Å². The zero-order valence-electron chi connectivity index (χ0n) is 12.8. The molecule has 114 valence electrons. The van der Waals surface area contributed by atoms with E-state index in [1.807, 2.05) is 37.7 Å². The Balaban J connectivity index is 2.34. The Hall–Kier alpha value is -1.69. The number of nitrogens with zero attached hydrogens (tertiary/aromatic N) is 2. The predicted octanol–water partition coefficient (Wildman–Crippen LogP) is 4.05. The number of hydrogen-bond acceptors (Lipinski definition) is 4. The second-order valence-corrected chi connectivity index (χ2v) is 6.19. The number of carbonyl (C=O) groups is 1. The van der Waals surface area contributed by atoms with Crippen molar-refractivity contribution >= 4 is 34.8 Å². The quantitative estimate of drug-likeness (QED) is 0.847. The van der Waals surface area contributed by atoms with Crippen molar-refractivity contribution in [3.63, 3.8) is 0 Å². The summed E-state index contributed by atoms with van der Waals surface area (Å²) in [5.74, 6) is 1.60. The third kappa shape index (κ3) is 3.50. The molecule has 1 aromatic heterocycles. The molecule has 2 aromatic rings. The molecule has 1 amide bonds. The van der Waals surface area contributed by atoms with E-state index in [-0.39, 0.29) is 6.04 Å². The maximum atomic E-state index is 11.9. The van der Waals surface area contributed by atoms with Crippen LogP contribution in [0.5, 0.6) is 0 Å². The number of H-pyrrole nitrogens is 1. The summed E-state index contributed by atoms with van der Waals surface area (Å²) in [6, 6.07) is 6.08. The van der Waals surface area contributed by atoms with Crippen molar-refractivity contribution in [1.82, 2.24) is 9.97 Å². The molecular formula is C15H21N3O2S. The maximum Gasteiger partial charge on any atom is 0.416 e. The number of methoxy groups -OCH3 is 1. The Labute approximate surface area is 129 Å². The average molecular weight is 307 g/mol. The van der Waals surface area contributed by atoms with Crippen molar-refractivity contribution < 1.29 is 9.53 Å². The second-order valence-electron chi connectivity index (χ2n) is 5.02. The van der Waals surface area contributed by atoms with Gasteiger partial charge in [-0.15, -0.1) is 11.8 Å². The molecule has 0 bridgehead atoms. The first-order valence-corrected chi connectivity index (χ1v) is 8.05. The third-order valence-corrected chi connectivity index (χ3v) is 4.23. The van der Waals surface area contributed by atoms with Crippen LogP contribution in [0.3, 0.4) is 0 Å². The van der Waals surface area contributed by atoms with Crippen LogP contribution in [0.1, 0.15) is 27.2 Å². The van der Waals surface area contributed by atoms with Gasteiger partial charge in [0.2, 0.25) is 5.95 Å². The van der Waals surface area contributed by atoms with Crippen LogP contribution in [0.25, 0.3) is 11.0 Å². The SMILES string of the molecule is CCCSc1ccc2[nH]c(N(C(=O)OC)C(C)C)nc2c1.